The van der Waals surface area contributed by atoms with Crippen molar-refractivity contribution in [2.24, 2.45) is 0 Å². The fraction of sp³-hybridized carbons (Fsp3) is 0.643. The van der Waals surface area contributed by atoms with E-state index >= 15 is 0 Å². The third-order valence-corrected chi connectivity index (χ3v) is 7.17. The Morgan fingerprint density at radius 2 is 1.20 bits per heavy atom. The van der Waals surface area contributed by atoms with E-state index in [0.29, 0.717) is 37.6 Å². The van der Waals surface area contributed by atoms with Gasteiger partial charge in [-0.15, -0.1) is 0 Å². The van der Waals surface area contributed by atoms with Crippen molar-refractivity contribution in [3.8, 4) is 0 Å². The second-order valence-corrected chi connectivity index (χ2v) is 13.1. The first kappa shape index (κ1) is 33.6. The van der Waals surface area contributed by atoms with Gasteiger partial charge in [0.25, 0.3) is 5.91 Å². The van der Waals surface area contributed by atoms with Crippen LogP contribution < -0.4 is 5.32 Å². The van der Waals surface area contributed by atoms with Crippen LogP contribution in [-0.4, -0.2) is 94.5 Å². The zero-order valence-corrected chi connectivity index (χ0v) is 26.0. The van der Waals surface area contributed by atoms with Gasteiger partial charge in [0.15, 0.2) is 0 Å². The molecule has 2 aliphatic heterocycles. The van der Waals surface area contributed by atoms with Crippen molar-refractivity contribution in [2.45, 2.75) is 103 Å². The number of alkyl halides is 3. The van der Waals surface area contributed by atoms with Crippen molar-refractivity contribution >= 4 is 24.1 Å². The first-order chi connectivity index (χ1) is 20.7. The molecule has 1 aliphatic carbocycles. The number of carbonyl (C=O) groups is 4. The van der Waals surface area contributed by atoms with E-state index in [4.69, 9.17) is 14.6 Å². The molecule has 2 N–H and O–H groups in total. The van der Waals surface area contributed by atoms with Gasteiger partial charge in [0.05, 0.1) is 55.5 Å². The molecule has 248 valence electrons. The Kier molecular flexibility index (Phi) is 8.87. The average molecular weight is 642 g/mol. The van der Waals surface area contributed by atoms with Gasteiger partial charge >= 0.3 is 24.3 Å². The smallest absolute Gasteiger partial charge is 0.411 e. The van der Waals surface area contributed by atoms with E-state index in [2.05, 4.69) is 15.5 Å². The van der Waals surface area contributed by atoms with Gasteiger partial charge in [0.1, 0.15) is 22.3 Å². The van der Waals surface area contributed by atoms with Crippen LogP contribution in [0, 0.1) is 0 Å². The summed E-state index contributed by atoms with van der Waals surface area (Å²) in [5.74, 6) is -1.86. The number of carbonyl (C=O) groups excluding carboxylic acids is 3. The predicted octanol–water partition coefficient (Wildman–Crippen LogP) is 3.79. The lowest BCUT2D eigenvalue weighted by atomic mass is 10.1. The third-order valence-electron chi connectivity index (χ3n) is 7.17. The highest BCUT2D eigenvalue weighted by Gasteiger charge is 2.64. The molecular weight excluding hydrogens is 603 g/mol. The first-order valence-corrected chi connectivity index (χ1v) is 14.4. The number of aromatic carboxylic acids is 1. The number of amides is 3. The lowest BCUT2D eigenvalue weighted by molar-refractivity contribution is -0.163. The van der Waals surface area contributed by atoms with Crippen LogP contribution in [-0.2, 0) is 35.7 Å². The molecule has 0 unspecified atom stereocenters. The molecule has 1 saturated carbocycles. The van der Waals surface area contributed by atoms with Crippen molar-refractivity contribution in [3.63, 3.8) is 0 Å². The summed E-state index contributed by atoms with van der Waals surface area (Å²) in [5.41, 5.74) is -2.26. The Balaban J connectivity index is 0.000000215. The summed E-state index contributed by atoms with van der Waals surface area (Å²) in [4.78, 5) is 50.5. The molecule has 17 heteroatoms. The Hall–Kier alpha value is -4.31. The highest BCUT2D eigenvalue weighted by Crippen LogP contribution is 2.49. The molecule has 5 rings (SSSR count). The van der Waals surface area contributed by atoms with Crippen LogP contribution in [0.1, 0.15) is 86.5 Å². The van der Waals surface area contributed by atoms with Crippen molar-refractivity contribution < 1.29 is 46.9 Å². The molecule has 14 nitrogen and oxygen atoms in total. The van der Waals surface area contributed by atoms with Gasteiger partial charge in [0, 0.05) is 13.1 Å². The van der Waals surface area contributed by atoms with Gasteiger partial charge in [-0.05, 0) is 54.4 Å². The summed E-state index contributed by atoms with van der Waals surface area (Å²) in [5, 5.41) is 19.2. The number of aromatic nitrogens is 4. The van der Waals surface area contributed by atoms with Crippen molar-refractivity contribution in [3.05, 3.63) is 34.9 Å². The number of halogens is 3. The summed E-state index contributed by atoms with van der Waals surface area (Å²) >= 11 is 0. The van der Waals surface area contributed by atoms with Gasteiger partial charge < -0.3 is 29.7 Å². The highest BCUT2D eigenvalue weighted by molar-refractivity contribution is 5.96. The average Bonchev–Trinajstić information content (AvgIpc) is 3.38. The summed E-state index contributed by atoms with van der Waals surface area (Å²) in [6.07, 6.45) is -3.16. The molecular formula is C28H38F3N7O7. The van der Waals surface area contributed by atoms with Gasteiger partial charge in [-0.25, -0.2) is 14.4 Å². The second kappa shape index (κ2) is 11.9. The monoisotopic (exact) mass is 641 g/mol. The molecule has 0 radical (unpaired) electrons. The molecule has 0 aromatic carbocycles. The number of carboxylic acid groups (broad SMARTS) is 1. The number of carboxylic acids is 1. The largest absolute Gasteiger partial charge is 0.478 e. The summed E-state index contributed by atoms with van der Waals surface area (Å²) in [6.45, 7) is 12.5. The topological polar surface area (TPSA) is 161 Å². The van der Waals surface area contributed by atoms with Crippen LogP contribution in [0.25, 0.3) is 0 Å². The van der Waals surface area contributed by atoms with E-state index in [1.54, 1.807) is 46.2 Å². The number of fused-ring (bicyclic) bond motifs is 2. The molecule has 0 saturated heterocycles. The molecule has 2 aromatic rings. The van der Waals surface area contributed by atoms with E-state index in [9.17, 15) is 32.3 Å². The second-order valence-electron chi connectivity index (χ2n) is 13.1. The van der Waals surface area contributed by atoms with Gasteiger partial charge in [-0.3, -0.25) is 14.2 Å². The number of hydrogen-bond acceptors (Lipinski definition) is 8. The molecule has 0 atom stereocenters. The van der Waals surface area contributed by atoms with E-state index in [0.717, 1.165) is 0 Å². The van der Waals surface area contributed by atoms with Crippen LogP contribution in [0.4, 0.5) is 22.8 Å². The Morgan fingerprint density at radius 1 is 0.778 bits per heavy atom. The lowest BCUT2D eigenvalue weighted by Gasteiger charge is -2.31. The maximum Gasteiger partial charge on any atom is 0.411 e. The van der Waals surface area contributed by atoms with E-state index < -0.39 is 47.0 Å². The van der Waals surface area contributed by atoms with E-state index in [1.807, 2.05) is 0 Å². The molecule has 1 fully saturated rings. The zero-order chi connectivity index (χ0) is 33.5. The van der Waals surface area contributed by atoms with Crippen LogP contribution in [0.2, 0.25) is 0 Å². The van der Waals surface area contributed by atoms with Crippen LogP contribution in [0.5, 0.6) is 0 Å². The number of rotatable bonds is 3. The number of ether oxygens (including phenoxy) is 2. The number of hydrogen-bond donors (Lipinski definition) is 2. The quantitative estimate of drug-likeness (QED) is 0.508. The molecule has 2 aromatic heterocycles. The van der Waals surface area contributed by atoms with Gasteiger partial charge in [0.2, 0.25) is 0 Å². The minimum atomic E-state index is -4.49. The highest BCUT2D eigenvalue weighted by atomic mass is 19.4. The van der Waals surface area contributed by atoms with E-state index in [-0.39, 0.29) is 37.1 Å². The number of nitrogens with zero attached hydrogens (tertiary/aromatic N) is 6. The van der Waals surface area contributed by atoms with Crippen LogP contribution in [0.15, 0.2) is 12.4 Å². The van der Waals surface area contributed by atoms with Gasteiger partial charge in [-0.1, -0.05) is 0 Å². The van der Waals surface area contributed by atoms with E-state index in [1.165, 1.54) is 26.9 Å². The van der Waals surface area contributed by atoms with Crippen molar-refractivity contribution in [1.29, 1.82) is 0 Å². The zero-order valence-electron chi connectivity index (χ0n) is 26.0. The van der Waals surface area contributed by atoms with Crippen molar-refractivity contribution in [1.82, 2.24) is 34.7 Å². The SMILES string of the molecule is CC(C)(C)OC(=O)N1CCn2ncc(C(=O)NC3(C(F)(F)F)CC3)c2C1.CC(C)(C)OC(=O)N1CCn2ncc(C(=O)O)c2C1. The maximum atomic E-state index is 13.1. The van der Waals surface area contributed by atoms with Crippen LogP contribution in [0.3, 0.4) is 0 Å². The van der Waals surface area contributed by atoms with Gasteiger partial charge in [-0.2, -0.15) is 23.4 Å². The van der Waals surface area contributed by atoms with Crippen molar-refractivity contribution in [2.75, 3.05) is 13.1 Å². The standard InChI is InChI=1S/C16H21F3N4O3.C12H17N3O4/c1-14(2,3)26-13(25)22-6-7-23-11(9-22)10(8-20-23)12(24)21-15(4-5-15)16(17,18)19;1-12(2,3)19-11(18)14-4-5-15-9(7-14)8(6-13-15)10(16)17/h8H,4-7,9H2,1-3H3,(H,21,24);6H,4-5,7H2,1-3H3,(H,16,17). The number of nitrogens with one attached hydrogen (secondary N) is 1. The summed E-state index contributed by atoms with van der Waals surface area (Å²) in [6, 6.07) is 0. The molecule has 0 spiro atoms. The lowest BCUT2D eigenvalue weighted by Crippen LogP contribution is -2.48. The minimum Gasteiger partial charge on any atom is -0.478 e. The molecule has 3 amide bonds. The third kappa shape index (κ3) is 7.86. The Labute approximate surface area is 257 Å². The minimum absolute atomic E-state index is 0.0498. The molecule has 45 heavy (non-hydrogen) atoms. The van der Waals surface area contributed by atoms with Crippen LogP contribution >= 0.6 is 0 Å². The molecule has 0 bridgehead atoms. The predicted molar refractivity (Wildman–Crippen MR) is 150 cm³/mol. The fourth-order valence-corrected chi connectivity index (χ4v) is 4.71. The normalized spacial score (nSPS) is 17.3. The Morgan fingerprint density at radius 3 is 1.58 bits per heavy atom. The fourth-order valence-electron chi connectivity index (χ4n) is 4.71. The molecule has 4 heterocycles. The Bertz CT molecular complexity index is 1470. The summed E-state index contributed by atoms with van der Waals surface area (Å²) in [7, 11) is 0. The summed E-state index contributed by atoms with van der Waals surface area (Å²) < 4.78 is 52.9. The maximum absolute atomic E-state index is 13.1. The first-order valence-electron chi connectivity index (χ1n) is 14.4. The molecule has 3 aliphatic rings.